The Morgan fingerprint density at radius 3 is 2.33 bits per heavy atom. The van der Waals surface area contributed by atoms with E-state index in [2.05, 4.69) is 18.2 Å². The molecule has 2 N–H and O–H groups in total. The maximum absolute atomic E-state index is 6.45. The predicted molar refractivity (Wildman–Crippen MR) is 78.9 cm³/mol. The average molecular weight is 266 g/mol. The van der Waals surface area contributed by atoms with E-state index in [1.54, 1.807) is 0 Å². The Morgan fingerprint density at radius 1 is 1.11 bits per heavy atom. The first-order valence-electron chi connectivity index (χ1n) is 7.20. The summed E-state index contributed by atoms with van der Waals surface area (Å²) in [6.07, 6.45) is 9.35. The second kappa shape index (κ2) is 6.58. The smallest absolute Gasteiger partial charge is 0.0438 e. The Kier molecular flexibility index (Phi) is 5.08. The average Bonchev–Trinajstić information content (AvgIpc) is 2.31. The van der Waals surface area contributed by atoms with Gasteiger partial charge in [-0.15, -0.1) is 0 Å². The van der Waals surface area contributed by atoms with Gasteiger partial charge in [0.15, 0.2) is 0 Å². The van der Waals surface area contributed by atoms with E-state index in [0.717, 1.165) is 10.6 Å². The van der Waals surface area contributed by atoms with Gasteiger partial charge < -0.3 is 5.73 Å². The van der Waals surface area contributed by atoms with E-state index < -0.39 is 0 Å². The molecule has 1 unspecified atom stereocenters. The van der Waals surface area contributed by atoms with Crippen molar-refractivity contribution in [3.05, 3.63) is 34.3 Å². The van der Waals surface area contributed by atoms with E-state index in [1.165, 1.54) is 50.5 Å². The van der Waals surface area contributed by atoms with Crippen molar-refractivity contribution in [2.24, 2.45) is 11.7 Å². The van der Waals surface area contributed by atoms with Crippen LogP contribution in [-0.2, 0) is 0 Å². The summed E-state index contributed by atoms with van der Waals surface area (Å²) in [4.78, 5) is 0. The Bertz CT molecular complexity index is 381. The maximum Gasteiger partial charge on any atom is 0.0438 e. The fourth-order valence-corrected chi connectivity index (χ4v) is 3.12. The number of hydrogen-bond donors (Lipinski definition) is 1. The molecule has 0 heterocycles. The van der Waals surface area contributed by atoms with E-state index in [1.807, 2.05) is 6.92 Å². The molecule has 0 spiro atoms. The van der Waals surface area contributed by atoms with Gasteiger partial charge >= 0.3 is 0 Å². The Labute approximate surface area is 116 Å². The number of hydrogen-bond acceptors (Lipinski definition) is 1. The van der Waals surface area contributed by atoms with Crippen molar-refractivity contribution in [1.29, 1.82) is 0 Å². The number of aryl methyl sites for hydroxylation is 1. The highest BCUT2D eigenvalue weighted by Gasteiger charge is 2.20. The van der Waals surface area contributed by atoms with E-state index in [9.17, 15) is 0 Å². The zero-order valence-corrected chi connectivity index (χ0v) is 12.0. The van der Waals surface area contributed by atoms with Gasteiger partial charge in [-0.2, -0.15) is 0 Å². The molecule has 100 valence electrons. The van der Waals surface area contributed by atoms with Crippen LogP contribution in [0.3, 0.4) is 0 Å². The van der Waals surface area contributed by atoms with Crippen molar-refractivity contribution in [2.45, 2.75) is 57.9 Å². The summed E-state index contributed by atoms with van der Waals surface area (Å²) in [6.45, 7) is 2.04. The summed E-state index contributed by atoms with van der Waals surface area (Å²) in [5.41, 5.74) is 8.79. The molecule has 0 saturated heterocycles. The van der Waals surface area contributed by atoms with E-state index >= 15 is 0 Å². The normalized spacial score (nSPS) is 20.2. The summed E-state index contributed by atoms with van der Waals surface area (Å²) in [5, 5.41) is 0.841. The highest BCUT2D eigenvalue weighted by atomic mass is 35.5. The first kappa shape index (κ1) is 13.9. The molecule has 1 nitrogen and oxygen atoms in total. The Hall–Kier alpha value is -0.530. The predicted octanol–water partition coefficient (Wildman–Crippen LogP) is 5.01. The molecule has 1 aliphatic carbocycles. The van der Waals surface area contributed by atoms with Gasteiger partial charge in [0.2, 0.25) is 0 Å². The minimum atomic E-state index is 0.154. The summed E-state index contributed by atoms with van der Waals surface area (Å²) in [7, 11) is 0. The molecule has 1 aromatic rings. The van der Waals surface area contributed by atoms with Crippen molar-refractivity contribution in [3.8, 4) is 0 Å². The second-order valence-electron chi connectivity index (χ2n) is 5.64. The molecule has 1 atom stereocenters. The van der Waals surface area contributed by atoms with E-state index in [0.29, 0.717) is 5.92 Å². The fraction of sp³-hybridized carbons (Fsp3) is 0.625. The summed E-state index contributed by atoms with van der Waals surface area (Å²) in [5.74, 6) is 0.629. The van der Waals surface area contributed by atoms with Gasteiger partial charge in [0, 0.05) is 11.1 Å². The van der Waals surface area contributed by atoms with Crippen LogP contribution in [0.2, 0.25) is 5.02 Å². The molecule has 1 aliphatic rings. The first-order valence-corrected chi connectivity index (χ1v) is 7.58. The lowest BCUT2D eigenvalue weighted by atomic mass is 9.83. The van der Waals surface area contributed by atoms with Gasteiger partial charge in [0.1, 0.15) is 0 Å². The molecule has 1 aromatic carbocycles. The zero-order valence-electron chi connectivity index (χ0n) is 11.3. The van der Waals surface area contributed by atoms with E-state index in [4.69, 9.17) is 17.3 Å². The first-order chi connectivity index (χ1) is 8.68. The minimum Gasteiger partial charge on any atom is -0.324 e. The number of rotatable bonds is 2. The lowest BCUT2D eigenvalue weighted by Gasteiger charge is -2.26. The third kappa shape index (κ3) is 3.49. The second-order valence-corrected chi connectivity index (χ2v) is 6.05. The molecule has 0 aliphatic heterocycles. The third-order valence-electron chi connectivity index (χ3n) is 4.24. The van der Waals surface area contributed by atoms with Gasteiger partial charge in [-0.25, -0.2) is 0 Å². The van der Waals surface area contributed by atoms with Crippen molar-refractivity contribution in [2.75, 3.05) is 0 Å². The van der Waals surface area contributed by atoms with Gasteiger partial charge in [-0.3, -0.25) is 0 Å². The van der Waals surface area contributed by atoms with Gasteiger partial charge in [0.25, 0.3) is 0 Å². The molecule has 1 fully saturated rings. The SMILES string of the molecule is Cc1ccc(C(N)C2CCCCCCC2)cc1Cl. The number of halogens is 1. The van der Waals surface area contributed by atoms with Crippen molar-refractivity contribution in [1.82, 2.24) is 0 Å². The number of benzene rings is 1. The molecular weight excluding hydrogens is 242 g/mol. The van der Waals surface area contributed by atoms with Crippen LogP contribution in [0.4, 0.5) is 0 Å². The maximum atomic E-state index is 6.45. The van der Waals surface area contributed by atoms with Crippen LogP contribution in [0.1, 0.15) is 62.1 Å². The van der Waals surface area contributed by atoms with Crippen molar-refractivity contribution in [3.63, 3.8) is 0 Å². The van der Waals surface area contributed by atoms with Crippen molar-refractivity contribution < 1.29 is 0 Å². The highest BCUT2D eigenvalue weighted by Crippen LogP contribution is 2.32. The molecule has 2 rings (SSSR count). The summed E-state index contributed by atoms with van der Waals surface area (Å²) >= 11 is 6.20. The molecule has 1 saturated carbocycles. The molecular formula is C16H24ClN. The molecule has 0 radical (unpaired) electrons. The van der Waals surface area contributed by atoms with Gasteiger partial charge in [-0.05, 0) is 42.9 Å². The van der Waals surface area contributed by atoms with Crippen LogP contribution < -0.4 is 5.73 Å². The van der Waals surface area contributed by atoms with E-state index in [-0.39, 0.29) is 6.04 Å². The highest BCUT2D eigenvalue weighted by molar-refractivity contribution is 6.31. The molecule has 0 aromatic heterocycles. The van der Waals surface area contributed by atoms with Crippen LogP contribution in [0.25, 0.3) is 0 Å². The topological polar surface area (TPSA) is 26.0 Å². The minimum absolute atomic E-state index is 0.154. The van der Waals surface area contributed by atoms with Crippen LogP contribution in [0.15, 0.2) is 18.2 Å². The largest absolute Gasteiger partial charge is 0.324 e. The zero-order chi connectivity index (χ0) is 13.0. The summed E-state index contributed by atoms with van der Waals surface area (Å²) in [6, 6.07) is 6.44. The molecule has 0 bridgehead atoms. The Balaban J connectivity index is 2.08. The van der Waals surface area contributed by atoms with Crippen LogP contribution in [0, 0.1) is 12.8 Å². The van der Waals surface area contributed by atoms with Crippen molar-refractivity contribution >= 4 is 11.6 Å². The Morgan fingerprint density at radius 2 is 1.72 bits per heavy atom. The van der Waals surface area contributed by atoms with Crippen LogP contribution in [-0.4, -0.2) is 0 Å². The lowest BCUT2D eigenvalue weighted by Crippen LogP contribution is -2.22. The molecule has 2 heteroatoms. The van der Waals surface area contributed by atoms with Crippen LogP contribution >= 0.6 is 11.6 Å². The summed E-state index contributed by atoms with van der Waals surface area (Å²) < 4.78 is 0. The molecule has 0 amide bonds. The van der Waals surface area contributed by atoms with Gasteiger partial charge in [0.05, 0.1) is 0 Å². The molecule has 18 heavy (non-hydrogen) atoms. The quantitative estimate of drug-likeness (QED) is 0.799. The third-order valence-corrected chi connectivity index (χ3v) is 4.65. The monoisotopic (exact) mass is 265 g/mol. The van der Waals surface area contributed by atoms with Crippen LogP contribution in [0.5, 0.6) is 0 Å². The standard InChI is InChI=1S/C16H24ClN/c1-12-9-10-14(11-15(12)17)16(18)13-7-5-3-2-4-6-8-13/h9-11,13,16H,2-8,18H2,1H3. The van der Waals surface area contributed by atoms with Gasteiger partial charge in [-0.1, -0.05) is 55.8 Å². The fourth-order valence-electron chi connectivity index (χ4n) is 2.94. The lowest BCUT2D eigenvalue weighted by molar-refractivity contribution is 0.327. The number of nitrogens with two attached hydrogens (primary N) is 1.